The first-order valence-electron chi connectivity index (χ1n) is 13.3. The van der Waals surface area contributed by atoms with E-state index in [1.54, 1.807) is 0 Å². The summed E-state index contributed by atoms with van der Waals surface area (Å²) >= 11 is 0. The van der Waals surface area contributed by atoms with Gasteiger partial charge in [0.25, 0.3) is 0 Å². The average molecular weight is 475 g/mol. The van der Waals surface area contributed by atoms with Gasteiger partial charge in [-0.25, -0.2) is 9.97 Å². The molecule has 3 aromatic rings. The zero-order chi connectivity index (χ0) is 24.0. The van der Waals surface area contributed by atoms with Crippen LogP contribution in [0.2, 0.25) is 0 Å². The van der Waals surface area contributed by atoms with Gasteiger partial charge in [0.2, 0.25) is 5.95 Å². The Balaban J connectivity index is 1.22. The van der Waals surface area contributed by atoms with Crippen LogP contribution in [0.3, 0.4) is 0 Å². The van der Waals surface area contributed by atoms with Crippen LogP contribution in [-0.2, 0) is 12.1 Å². The number of pyridine rings is 1. The van der Waals surface area contributed by atoms with Crippen LogP contribution in [-0.4, -0.2) is 75.1 Å². The van der Waals surface area contributed by atoms with Crippen molar-refractivity contribution in [2.45, 2.75) is 64.1 Å². The minimum Gasteiger partial charge on any atom is -0.368 e. The van der Waals surface area contributed by atoms with Crippen molar-refractivity contribution in [1.82, 2.24) is 29.3 Å². The van der Waals surface area contributed by atoms with Crippen molar-refractivity contribution >= 4 is 28.5 Å². The third-order valence-corrected chi connectivity index (χ3v) is 8.27. The van der Waals surface area contributed by atoms with Crippen molar-refractivity contribution in [2.75, 3.05) is 50.0 Å². The maximum atomic E-state index is 5.02. The molecule has 1 N–H and O–H groups in total. The number of likely N-dealkylation sites (N-methyl/N-ethyl adjacent to an activating group) is 1. The van der Waals surface area contributed by atoms with Crippen LogP contribution < -0.4 is 10.2 Å². The second kappa shape index (κ2) is 9.06. The van der Waals surface area contributed by atoms with E-state index in [2.05, 4.69) is 62.6 Å². The molecule has 1 aliphatic carbocycles. The Hall–Kier alpha value is -2.71. The van der Waals surface area contributed by atoms with Crippen LogP contribution in [0.15, 0.2) is 30.6 Å². The van der Waals surface area contributed by atoms with E-state index in [-0.39, 0.29) is 5.54 Å². The van der Waals surface area contributed by atoms with Crippen molar-refractivity contribution in [3.8, 4) is 0 Å². The van der Waals surface area contributed by atoms with Gasteiger partial charge in [-0.3, -0.25) is 9.80 Å². The smallest absolute Gasteiger partial charge is 0.230 e. The second-order valence-electron chi connectivity index (χ2n) is 11.0. The number of rotatable bonds is 4. The summed E-state index contributed by atoms with van der Waals surface area (Å²) in [7, 11) is 2.25. The molecule has 0 aromatic carbocycles. The largest absolute Gasteiger partial charge is 0.368 e. The molecule has 2 fully saturated rings. The molecule has 8 heteroatoms. The van der Waals surface area contributed by atoms with Crippen molar-refractivity contribution in [1.29, 1.82) is 0 Å². The molecule has 1 saturated heterocycles. The van der Waals surface area contributed by atoms with Crippen molar-refractivity contribution in [2.24, 2.45) is 0 Å². The van der Waals surface area contributed by atoms with Gasteiger partial charge in [0.1, 0.15) is 11.5 Å². The molecule has 0 unspecified atom stereocenters. The molecule has 0 bridgehead atoms. The van der Waals surface area contributed by atoms with E-state index >= 15 is 0 Å². The molecule has 0 amide bonds. The number of nitrogens with zero attached hydrogens (tertiary/aromatic N) is 7. The van der Waals surface area contributed by atoms with E-state index in [4.69, 9.17) is 9.97 Å². The van der Waals surface area contributed by atoms with Gasteiger partial charge in [0.15, 0.2) is 0 Å². The van der Waals surface area contributed by atoms with Crippen LogP contribution in [0.4, 0.5) is 17.5 Å². The monoisotopic (exact) mass is 474 g/mol. The van der Waals surface area contributed by atoms with E-state index in [0.717, 1.165) is 56.1 Å². The molecule has 35 heavy (non-hydrogen) atoms. The topological polar surface area (TPSA) is 65.3 Å². The predicted molar refractivity (Wildman–Crippen MR) is 141 cm³/mol. The maximum absolute atomic E-state index is 5.02. The van der Waals surface area contributed by atoms with Crippen molar-refractivity contribution in [3.63, 3.8) is 0 Å². The first-order valence-corrected chi connectivity index (χ1v) is 13.3. The molecule has 3 aliphatic rings. The van der Waals surface area contributed by atoms with Gasteiger partial charge in [0, 0.05) is 62.6 Å². The van der Waals surface area contributed by atoms with Gasteiger partial charge in [-0.15, -0.1) is 0 Å². The number of anilines is 3. The summed E-state index contributed by atoms with van der Waals surface area (Å²) in [6.45, 7) is 10.9. The molecule has 0 atom stereocenters. The number of piperazine rings is 1. The number of aromatic nitrogens is 4. The Labute approximate surface area is 208 Å². The number of hydrogen-bond donors (Lipinski definition) is 1. The summed E-state index contributed by atoms with van der Waals surface area (Å²) < 4.78 is 2.56. The lowest BCUT2D eigenvalue weighted by molar-refractivity contribution is 0.0935. The van der Waals surface area contributed by atoms with Crippen LogP contribution >= 0.6 is 0 Å². The summed E-state index contributed by atoms with van der Waals surface area (Å²) in [6.07, 6.45) is 10.3. The first kappa shape index (κ1) is 22.7. The highest BCUT2D eigenvalue weighted by Crippen LogP contribution is 2.42. The summed E-state index contributed by atoms with van der Waals surface area (Å²) in [6, 6.07) is 7.10. The Bertz CT molecular complexity index is 1170. The molecule has 5 heterocycles. The third-order valence-electron chi connectivity index (χ3n) is 8.27. The van der Waals surface area contributed by atoms with E-state index in [0.29, 0.717) is 12.0 Å². The number of fused-ring (bicyclic) bond motifs is 4. The normalized spacial score (nSPS) is 21.1. The Morgan fingerprint density at radius 1 is 0.971 bits per heavy atom. The van der Waals surface area contributed by atoms with E-state index in [9.17, 15) is 0 Å². The zero-order valence-corrected chi connectivity index (χ0v) is 21.4. The van der Waals surface area contributed by atoms with Crippen molar-refractivity contribution in [3.05, 3.63) is 36.3 Å². The van der Waals surface area contributed by atoms with Crippen LogP contribution in [0.5, 0.6) is 0 Å². The SMILES string of the molecule is CC(C)N1CCN(c2ccc(Nc3ncc4cc5n(c4n3)C3(CCCCC3)CN(C)C5)nc2)CC1. The molecule has 186 valence electrons. The van der Waals surface area contributed by atoms with Gasteiger partial charge in [-0.2, -0.15) is 4.98 Å². The Kier molecular flexibility index (Phi) is 5.89. The molecule has 6 rings (SSSR count). The van der Waals surface area contributed by atoms with Gasteiger partial charge in [-0.1, -0.05) is 19.3 Å². The van der Waals surface area contributed by atoms with Gasteiger partial charge in [-0.05, 0) is 51.9 Å². The van der Waals surface area contributed by atoms with Crippen LogP contribution in [0, 0.1) is 0 Å². The fourth-order valence-corrected chi connectivity index (χ4v) is 6.50. The van der Waals surface area contributed by atoms with E-state index in [1.165, 1.54) is 43.5 Å². The zero-order valence-electron chi connectivity index (χ0n) is 21.4. The number of hydrogen-bond acceptors (Lipinski definition) is 7. The maximum Gasteiger partial charge on any atom is 0.230 e. The molecule has 8 nitrogen and oxygen atoms in total. The van der Waals surface area contributed by atoms with Crippen molar-refractivity contribution < 1.29 is 0 Å². The summed E-state index contributed by atoms with van der Waals surface area (Å²) in [5, 5.41) is 4.50. The standard InChI is InChI=1S/C27H38N8/c1-20(2)33-11-13-34(14-12-33)22-7-8-24(28-17-22)30-26-29-16-21-15-23-18-32(3)19-27(9-5-4-6-10-27)35(23)25(21)31-26/h7-8,15-17,20H,4-6,9-14,18-19H2,1-3H3,(H,28,29,30,31). The van der Waals surface area contributed by atoms with Gasteiger partial charge in [0.05, 0.1) is 17.4 Å². The lowest BCUT2D eigenvalue weighted by Gasteiger charge is -2.46. The molecule has 0 radical (unpaired) electrons. The average Bonchev–Trinajstić information content (AvgIpc) is 3.23. The fourth-order valence-electron chi connectivity index (χ4n) is 6.50. The van der Waals surface area contributed by atoms with Crippen LogP contribution in [0.25, 0.3) is 11.0 Å². The highest BCUT2D eigenvalue weighted by atomic mass is 15.3. The van der Waals surface area contributed by atoms with Gasteiger partial charge >= 0.3 is 0 Å². The van der Waals surface area contributed by atoms with Crippen LogP contribution in [0.1, 0.15) is 51.6 Å². The molecule has 1 saturated carbocycles. The molecule has 3 aromatic heterocycles. The Morgan fingerprint density at radius 3 is 2.49 bits per heavy atom. The number of nitrogens with one attached hydrogen (secondary N) is 1. The lowest BCUT2D eigenvalue weighted by atomic mass is 9.80. The van der Waals surface area contributed by atoms with E-state index < -0.39 is 0 Å². The quantitative estimate of drug-likeness (QED) is 0.608. The molecule has 1 spiro atoms. The van der Waals surface area contributed by atoms with E-state index in [1.807, 2.05) is 18.5 Å². The molecular formula is C27H38N8. The first-order chi connectivity index (χ1) is 17.0. The highest BCUT2D eigenvalue weighted by molar-refractivity contribution is 5.78. The second-order valence-corrected chi connectivity index (χ2v) is 11.0. The third kappa shape index (κ3) is 4.27. The highest BCUT2D eigenvalue weighted by Gasteiger charge is 2.40. The van der Waals surface area contributed by atoms with Gasteiger partial charge < -0.3 is 14.8 Å². The lowest BCUT2D eigenvalue weighted by Crippen LogP contribution is -2.50. The minimum atomic E-state index is 0.160. The summed E-state index contributed by atoms with van der Waals surface area (Å²) in [5.41, 5.74) is 3.77. The minimum absolute atomic E-state index is 0.160. The summed E-state index contributed by atoms with van der Waals surface area (Å²) in [4.78, 5) is 21.8. The summed E-state index contributed by atoms with van der Waals surface area (Å²) in [5.74, 6) is 1.40. The molecule has 2 aliphatic heterocycles. The fraction of sp³-hybridized carbons (Fsp3) is 0.593. The predicted octanol–water partition coefficient (Wildman–Crippen LogP) is 4.21. The molecular weight excluding hydrogens is 436 g/mol. The Morgan fingerprint density at radius 2 is 1.77 bits per heavy atom.